The molecule has 2 N–H and O–H groups in total. The number of piperidine rings is 1. The van der Waals surface area contributed by atoms with E-state index in [1.165, 1.54) is 0 Å². The first-order chi connectivity index (χ1) is 6.52. The van der Waals surface area contributed by atoms with Gasteiger partial charge in [-0.3, -0.25) is 4.79 Å². The van der Waals surface area contributed by atoms with Gasteiger partial charge in [0.2, 0.25) is 5.91 Å². The minimum atomic E-state index is -0.340. The molecule has 0 radical (unpaired) electrons. The van der Waals surface area contributed by atoms with Crippen LogP contribution in [0.1, 0.15) is 26.7 Å². The molecule has 0 unspecified atom stereocenters. The van der Waals surface area contributed by atoms with E-state index in [0.717, 1.165) is 25.9 Å². The maximum Gasteiger partial charge on any atom is 0.244 e. The molecule has 80 valence electrons. The largest absolute Gasteiger partial charge is 0.366 e. The van der Waals surface area contributed by atoms with Gasteiger partial charge in [-0.25, -0.2) is 0 Å². The van der Waals surface area contributed by atoms with Crippen molar-refractivity contribution in [2.75, 3.05) is 13.1 Å². The van der Waals surface area contributed by atoms with Crippen molar-refractivity contribution in [2.45, 2.75) is 32.7 Å². The number of carbonyl (C=O) groups is 1. The fourth-order valence-electron chi connectivity index (χ4n) is 1.97. The van der Waals surface area contributed by atoms with Gasteiger partial charge < -0.3 is 10.6 Å². The van der Waals surface area contributed by atoms with E-state index < -0.39 is 0 Å². The molecule has 1 fully saturated rings. The average molecular weight is 196 g/mol. The second-order valence-corrected chi connectivity index (χ2v) is 4.29. The molecule has 1 saturated heterocycles. The summed E-state index contributed by atoms with van der Waals surface area (Å²) in [4.78, 5) is 13.3. The molecule has 0 aromatic rings. The monoisotopic (exact) mass is 196 g/mol. The predicted octanol–water partition coefficient (Wildman–Crippen LogP) is 1.15. The zero-order valence-corrected chi connectivity index (χ0v) is 9.12. The van der Waals surface area contributed by atoms with Crippen molar-refractivity contribution in [1.29, 1.82) is 0 Å². The number of primary amides is 1. The van der Waals surface area contributed by atoms with Crippen LogP contribution in [0.15, 0.2) is 12.2 Å². The summed E-state index contributed by atoms with van der Waals surface area (Å²) in [6.07, 6.45) is 2.03. The quantitative estimate of drug-likeness (QED) is 0.688. The Kier molecular flexibility index (Phi) is 3.69. The Bertz CT molecular complexity index is 227. The number of nitrogens with two attached hydrogens (primary N) is 1. The number of hydrogen-bond acceptors (Lipinski definition) is 2. The minimum absolute atomic E-state index is 0.308. The minimum Gasteiger partial charge on any atom is -0.366 e. The van der Waals surface area contributed by atoms with Crippen LogP contribution in [-0.4, -0.2) is 29.9 Å². The van der Waals surface area contributed by atoms with E-state index in [1.807, 2.05) is 0 Å². The highest BCUT2D eigenvalue weighted by molar-refractivity contribution is 5.91. The van der Waals surface area contributed by atoms with Gasteiger partial charge in [0.05, 0.1) is 0 Å². The third-order valence-corrected chi connectivity index (χ3v) is 3.07. The second-order valence-electron chi connectivity index (χ2n) is 4.29. The topological polar surface area (TPSA) is 46.3 Å². The first-order valence-electron chi connectivity index (χ1n) is 5.25. The number of amides is 1. The van der Waals surface area contributed by atoms with Crippen LogP contribution in [0.5, 0.6) is 0 Å². The molecule has 0 bridgehead atoms. The van der Waals surface area contributed by atoms with E-state index in [4.69, 9.17) is 5.73 Å². The molecule has 3 heteroatoms. The van der Waals surface area contributed by atoms with Crippen LogP contribution in [0.2, 0.25) is 0 Å². The lowest BCUT2D eigenvalue weighted by Crippen LogP contribution is -2.39. The molecule has 14 heavy (non-hydrogen) atoms. The highest BCUT2D eigenvalue weighted by Gasteiger charge is 2.24. The van der Waals surface area contributed by atoms with E-state index in [9.17, 15) is 4.79 Å². The smallest absolute Gasteiger partial charge is 0.244 e. The van der Waals surface area contributed by atoms with Crippen molar-refractivity contribution < 1.29 is 4.79 Å². The van der Waals surface area contributed by atoms with Gasteiger partial charge in [0.1, 0.15) is 0 Å². The Morgan fingerprint density at radius 1 is 1.43 bits per heavy atom. The molecule has 1 rings (SSSR count). The molecule has 1 heterocycles. The van der Waals surface area contributed by atoms with Crippen LogP contribution in [0.25, 0.3) is 0 Å². The summed E-state index contributed by atoms with van der Waals surface area (Å²) in [5.74, 6) is -0.0319. The lowest BCUT2D eigenvalue weighted by Gasteiger charge is -2.34. The van der Waals surface area contributed by atoms with Crippen LogP contribution in [-0.2, 0) is 4.79 Å². The van der Waals surface area contributed by atoms with E-state index >= 15 is 0 Å². The van der Waals surface area contributed by atoms with Crippen LogP contribution in [0, 0.1) is 5.92 Å². The molecule has 0 aromatic heterocycles. The zero-order chi connectivity index (χ0) is 10.7. The van der Waals surface area contributed by atoms with Gasteiger partial charge >= 0.3 is 0 Å². The molecule has 0 aliphatic carbocycles. The Hall–Kier alpha value is -0.830. The summed E-state index contributed by atoms with van der Waals surface area (Å²) < 4.78 is 0. The van der Waals surface area contributed by atoms with Gasteiger partial charge in [0.15, 0.2) is 0 Å². The predicted molar refractivity (Wildman–Crippen MR) is 57.8 cm³/mol. The summed E-state index contributed by atoms with van der Waals surface area (Å²) in [5.41, 5.74) is 5.81. The summed E-state index contributed by atoms with van der Waals surface area (Å²) in [5, 5.41) is 0. The maximum atomic E-state index is 10.9. The van der Waals surface area contributed by atoms with Crippen LogP contribution >= 0.6 is 0 Å². The molecule has 0 saturated carbocycles. The molecule has 1 amide bonds. The van der Waals surface area contributed by atoms with Gasteiger partial charge in [-0.1, -0.05) is 6.58 Å². The number of hydrogen-bond donors (Lipinski definition) is 1. The Balaban J connectivity index is 2.43. The normalized spacial score (nSPS) is 19.9. The van der Waals surface area contributed by atoms with Crippen LogP contribution in [0.4, 0.5) is 0 Å². The third-order valence-electron chi connectivity index (χ3n) is 3.07. The van der Waals surface area contributed by atoms with Crippen molar-refractivity contribution in [3.8, 4) is 0 Å². The summed E-state index contributed by atoms with van der Waals surface area (Å²) in [6, 6.07) is 0.595. The second kappa shape index (κ2) is 4.60. The SMILES string of the molecule is C=C(C(N)=O)C1CCN(C(C)C)CC1. The van der Waals surface area contributed by atoms with E-state index in [-0.39, 0.29) is 5.91 Å². The maximum absolute atomic E-state index is 10.9. The fourth-order valence-corrected chi connectivity index (χ4v) is 1.97. The first-order valence-corrected chi connectivity index (χ1v) is 5.25. The highest BCUT2D eigenvalue weighted by Crippen LogP contribution is 2.24. The van der Waals surface area contributed by atoms with Crippen molar-refractivity contribution in [3.05, 3.63) is 12.2 Å². The summed E-state index contributed by atoms with van der Waals surface area (Å²) in [6.45, 7) is 10.3. The Morgan fingerprint density at radius 2 is 1.93 bits per heavy atom. The van der Waals surface area contributed by atoms with Gasteiger partial charge in [0, 0.05) is 11.6 Å². The lowest BCUT2D eigenvalue weighted by atomic mass is 9.89. The van der Waals surface area contributed by atoms with E-state index in [2.05, 4.69) is 25.3 Å². The van der Waals surface area contributed by atoms with Crippen molar-refractivity contribution >= 4 is 5.91 Å². The summed E-state index contributed by atoms with van der Waals surface area (Å²) >= 11 is 0. The van der Waals surface area contributed by atoms with Gasteiger partial charge in [0.25, 0.3) is 0 Å². The van der Waals surface area contributed by atoms with E-state index in [1.54, 1.807) is 0 Å². The van der Waals surface area contributed by atoms with Gasteiger partial charge in [-0.05, 0) is 45.7 Å². The Morgan fingerprint density at radius 3 is 2.29 bits per heavy atom. The fraction of sp³-hybridized carbons (Fsp3) is 0.727. The number of likely N-dealkylation sites (tertiary alicyclic amines) is 1. The molecular formula is C11H20N2O. The molecule has 0 atom stereocenters. The zero-order valence-electron chi connectivity index (χ0n) is 9.12. The molecule has 0 aromatic carbocycles. The third kappa shape index (κ3) is 2.58. The van der Waals surface area contributed by atoms with Crippen LogP contribution in [0.3, 0.4) is 0 Å². The molecular weight excluding hydrogens is 176 g/mol. The van der Waals surface area contributed by atoms with Crippen molar-refractivity contribution in [2.24, 2.45) is 11.7 Å². The number of carbonyl (C=O) groups excluding carboxylic acids is 1. The average Bonchev–Trinajstić information content (AvgIpc) is 2.16. The lowest BCUT2D eigenvalue weighted by molar-refractivity contribution is -0.115. The van der Waals surface area contributed by atoms with Gasteiger partial charge in [-0.2, -0.15) is 0 Å². The van der Waals surface area contributed by atoms with Gasteiger partial charge in [-0.15, -0.1) is 0 Å². The van der Waals surface area contributed by atoms with E-state index in [0.29, 0.717) is 17.5 Å². The molecule has 1 aliphatic rings. The number of rotatable bonds is 3. The van der Waals surface area contributed by atoms with Crippen molar-refractivity contribution in [1.82, 2.24) is 4.90 Å². The standard InChI is InChI=1S/C11H20N2O/c1-8(2)13-6-4-10(5-7-13)9(3)11(12)14/h8,10H,3-7H2,1-2H3,(H2,12,14). The Labute approximate surface area is 86.0 Å². The highest BCUT2D eigenvalue weighted by atomic mass is 16.1. The molecule has 0 spiro atoms. The van der Waals surface area contributed by atoms with Crippen LogP contribution < -0.4 is 5.73 Å². The number of nitrogens with zero attached hydrogens (tertiary/aromatic N) is 1. The molecule has 1 aliphatic heterocycles. The molecule has 3 nitrogen and oxygen atoms in total. The first kappa shape index (κ1) is 11.2. The summed E-state index contributed by atoms with van der Waals surface area (Å²) in [7, 11) is 0. The van der Waals surface area contributed by atoms with Crippen molar-refractivity contribution in [3.63, 3.8) is 0 Å².